The molecule has 2 aliphatic heterocycles. The highest BCUT2D eigenvalue weighted by molar-refractivity contribution is 5.89. The number of amides is 2. The van der Waals surface area contributed by atoms with Gasteiger partial charge in [0.1, 0.15) is 0 Å². The summed E-state index contributed by atoms with van der Waals surface area (Å²) >= 11 is 0. The van der Waals surface area contributed by atoms with Crippen molar-refractivity contribution < 1.29 is 19.5 Å². The fourth-order valence-corrected chi connectivity index (χ4v) is 4.44. The average molecular weight is 322 g/mol. The first-order valence-electron chi connectivity index (χ1n) is 8.78. The number of hydrogen-bond acceptors (Lipinski definition) is 3. The zero-order valence-electron chi connectivity index (χ0n) is 13.7. The van der Waals surface area contributed by atoms with Crippen LogP contribution in [0.2, 0.25) is 0 Å². The minimum Gasteiger partial charge on any atom is -0.481 e. The van der Waals surface area contributed by atoms with E-state index in [1.807, 2.05) is 11.8 Å². The fraction of sp³-hybridized carbons (Fsp3) is 0.824. The molecule has 3 aliphatic rings. The van der Waals surface area contributed by atoms with E-state index in [1.165, 1.54) is 12.8 Å². The molecule has 6 heteroatoms. The summed E-state index contributed by atoms with van der Waals surface area (Å²) in [4.78, 5) is 39.8. The number of aliphatic carboxylic acids is 1. The molecule has 0 bridgehead atoms. The van der Waals surface area contributed by atoms with Gasteiger partial charge in [0.05, 0.1) is 11.8 Å². The second-order valence-corrected chi connectivity index (χ2v) is 7.38. The summed E-state index contributed by atoms with van der Waals surface area (Å²) in [7, 11) is 0. The van der Waals surface area contributed by atoms with Crippen LogP contribution in [0.15, 0.2) is 0 Å². The van der Waals surface area contributed by atoms with Gasteiger partial charge in [-0.15, -0.1) is 0 Å². The van der Waals surface area contributed by atoms with E-state index in [-0.39, 0.29) is 29.6 Å². The van der Waals surface area contributed by atoms with E-state index in [0.29, 0.717) is 38.5 Å². The van der Waals surface area contributed by atoms with Gasteiger partial charge in [-0.05, 0) is 25.2 Å². The van der Waals surface area contributed by atoms with Crippen molar-refractivity contribution >= 4 is 17.8 Å². The molecule has 2 heterocycles. The van der Waals surface area contributed by atoms with Crippen LogP contribution in [0.4, 0.5) is 0 Å². The third kappa shape index (κ3) is 3.21. The zero-order chi connectivity index (χ0) is 16.6. The maximum Gasteiger partial charge on any atom is 0.306 e. The molecule has 128 valence electrons. The van der Waals surface area contributed by atoms with E-state index in [2.05, 4.69) is 0 Å². The van der Waals surface area contributed by atoms with Gasteiger partial charge in [-0.1, -0.05) is 19.8 Å². The Labute approximate surface area is 136 Å². The van der Waals surface area contributed by atoms with Crippen molar-refractivity contribution in [3.63, 3.8) is 0 Å². The number of likely N-dealkylation sites (tertiary alicyclic amines) is 2. The molecule has 0 aromatic carbocycles. The number of hydrogen-bond donors (Lipinski definition) is 1. The lowest BCUT2D eigenvalue weighted by molar-refractivity contribution is -0.149. The molecule has 1 N–H and O–H groups in total. The van der Waals surface area contributed by atoms with E-state index in [0.717, 1.165) is 12.8 Å². The number of carboxylic acids is 1. The van der Waals surface area contributed by atoms with Crippen LogP contribution in [0.25, 0.3) is 0 Å². The molecule has 2 amide bonds. The smallest absolute Gasteiger partial charge is 0.306 e. The molecule has 23 heavy (non-hydrogen) atoms. The van der Waals surface area contributed by atoms with Crippen molar-refractivity contribution in [3.8, 4) is 0 Å². The summed E-state index contributed by atoms with van der Waals surface area (Å²) in [5.41, 5.74) is 0. The molecular weight excluding hydrogens is 296 g/mol. The van der Waals surface area contributed by atoms with Crippen LogP contribution < -0.4 is 0 Å². The van der Waals surface area contributed by atoms with Crippen LogP contribution >= 0.6 is 0 Å². The van der Waals surface area contributed by atoms with Gasteiger partial charge in [0.2, 0.25) is 11.8 Å². The van der Waals surface area contributed by atoms with Gasteiger partial charge >= 0.3 is 5.97 Å². The first kappa shape index (κ1) is 16.3. The van der Waals surface area contributed by atoms with Gasteiger partial charge in [-0.25, -0.2) is 0 Å². The molecule has 1 aliphatic carbocycles. The molecule has 3 atom stereocenters. The molecule has 0 aromatic rings. The second kappa shape index (κ2) is 6.49. The van der Waals surface area contributed by atoms with Crippen LogP contribution in [0.1, 0.15) is 45.4 Å². The highest BCUT2D eigenvalue weighted by Crippen LogP contribution is 2.31. The van der Waals surface area contributed by atoms with Gasteiger partial charge in [0.15, 0.2) is 0 Å². The Hall–Kier alpha value is -1.59. The molecular formula is C17H26N2O4. The topological polar surface area (TPSA) is 77.9 Å². The lowest BCUT2D eigenvalue weighted by Crippen LogP contribution is -2.47. The van der Waals surface area contributed by atoms with E-state index >= 15 is 0 Å². The highest BCUT2D eigenvalue weighted by Gasteiger charge is 2.42. The molecule has 3 fully saturated rings. The zero-order valence-corrected chi connectivity index (χ0v) is 13.7. The fourth-order valence-electron chi connectivity index (χ4n) is 4.44. The number of rotatable bonds is 3. The lowest BCUT2D eigenvalue weighted by atomic mass is 9.86. The first-order chi connectivity index (χ1) is 11.0. The Morgan fingerprint density at radius 2 is 1.83 bits per heavy atom. The quantitative estimate of drug-likeness (QED) is 0.851. The summed E-state index contributed by atoms with van der Waals surface area (Å²) in [6.45, 7) is 3.43. The number of piperidine rings is 1. The molecule has 0 aromatic heterocycles. The Kier molecular flexibility index (Phi) is 4.60. The van der Waals surface area contributed by atoms with E-state index in [4.69, 9.17) is 0 Å². The molecule has 0 spiro atoms. The van der Waals surface area contributed by atoms with Crippen molar-refractivity contribution in [1.29, 1.82) is 0 Å². The minimum atomic E-state index is -0.770. The van der Waals surface area contributed by atoms with Crippen LogP contribution in [-0.2, 0) is 14.4 Å². The van der Waals surface area contributed by atoms with Crippen molar-refractivity contribution in [2.75, 3.05) is 19.6 Å². The van der Waals surface area contributed by atoms with Crippen molar-refractivity contribution in [2.24, 2.45) is 17.8 Å². The summed E-state index contributed by atoms with van der Waals surface area (Å²) in [5, 5.41) is 9.18. The van der Waals surface area contributed by atoms with E-state index < -0.39 is 5.97 Å². The average Bonchev–Trinajstić information content (AvgIpc) is 3.15. The van der Waals surface area contributed by atoms with Gasteiger partial charge in [-0.3, -0.25) is 14.4 Å². The number of nitrogens with zero attached hydrogens (tertiary/aromatic N) is 2. The third-order valence-corrected chi connectivity index (χ3v) is 5.81. The van der Waals surface area contributed by atoms with Crippen molar-refractivity contribution in [2.45, 2.75) is 51.5 Å². The summed E-state index contributed by atoms with van der Waals surface area (Å²) in [6, 6.07) is 0.331. The van der Waals surface area contributed by atoms with Gasteiger partial charge in [0, 0.05) is 32.1 Å². The largest absolute Gasteiger partial charge is 0.481 e. The van der Waals surface area contributed by atoms with Crippen LogP contribution in [0, 0.1) is 17.8 Å². The maximum atomic E-state index is 12.7. The summed E-state index contributed by atoms with van der Waals surface area (Å²) in [6.07, 6.45) is 5.31. The van der Waals surface area contributed by atoms with Gasteiger partial charge < -0.3 is 14.9 Å². The van der Waals surface area contributed by atoms with Crippen LogP contribution in [0.3, 0.4) is 0 Å². The highest BCUT2D eigenvalue weighted by atomic mass is 16.4. The molecule has 2 saturated heterocycles. The Balaban J connectivity index is 1.59. The van der Waals surface area contributed by atoms with Crippen molar-refractivity contribution in [3.05, 3.63) is 0 Å². The molecule has 3 unspecified atom stereocenters. The van der Waals surface area contributed by atoms with Crippen molar-refractivity contribution in [1.82, 2.24) is 9.80 Å². The normalized spacial score (nSPS) is 32.6. The van der Waals surface area contributed by atoms with Gasteiger partial charge in [0.25, 0.3) is 0 Å². The van der Waals surface area contributed by atoms with Gasteiger partial charge in [-0.2, -0.15) is 0 Å². The number of carbonyl (C=O) groups is 3. The Morgan fingerprint density at radius 1 is 1.13 bits per heavy atom. The predicted octanol–water partition coefficient (Wildman–Crippen LogP) is 1.35. The Morgan fingerprint density at radius 3 is 2.43 bits per heavy atom. The SMILES string of the molecule is CC1CN(C(=O)C2CC(=O)N(C3CCCC3)C2)CCC1C(=O)O. The number of carboxylic acid groups (broad SMARTS) is 1. The number of carbonyl (C=O) groups excluding carboxylic acids is 2. The second-order valence-electron chi connectivity index (χ2n) is 7.38. The maximum absolute atomic E-state index is 12.7. The summed E-state index contributed by atoms with van der Waals surface area (Å²) < 4.78 is 0. The lowest BCUT2D eigenvalue weighted by Gasteiger charge is -2.36. The molecule has 1 saturated carbocycles. The summed E-state index contributed by atoms with van der Waals surface area (Å²) in [5.74, 6) is -1.25. The first-order valence-corrected chi connectivity index (χ1v) is 8.78. The third-order valence-electron chi connectivity index (χ3n) is 5.81. The minimum absolute atomic E-state index is 0.0340. The van der Waals surface area contributed by atoms with Crippen LogP contribution in [-0.4, -0.2) is 58.4 Å². The molecule has 6 nitrogen and oxygen atoms in total. The standard InChI is InChI=1S/C17H26N2O4/c1-11-9-18(7-6-14(11)17(22)23)16(21)12-8-15(20)19(10-12)13-4-2-3-5-13/h11-14H,2-10H2,1H3,(H,22,23). The molecule has 3 rings (SSSR count). The van der Waals surface area contributed by atoms with Crippen LogP contribution in [0.5, 0.6) is 0 Å². The molecule has 0 radical (unpaired) electrons. The Bertz CT molecular complexity index is 501. The monoisotopic (exact) mass is 322 g/mol. The predicted molar refractivity (Wildman–Crippen MR) is 83.6 cm³/mol. The van der Waals surface area contributed by atoms with E-state index in [9.17, 15) is 19.5 Å². The van der Waals surface area contributed by atoms with E-state index in [1.54, 1.807) is 4.90 Å².